The van der Waals surface area contributed by atoms with Crippen LogP contribution in [0.2, 0.25) is 0 Å². The average molecular weight is 402 g/mol. The van der Waals surface area contributed by atoms with Crippen LogP contribution in [-0.4, -0.2) is 62.4 Å². The maximum Gasteiger partial charge on any atom is 0.411 e. The molecule has 1 amide bonds. The number of halogens is 1. The van der Waals surface area contributed by atoms with Crippen LogP contribution in [0.1, 0.15) is 24.0 Å². The molecule has 0 unspecified atom stereocenters. The summed E-state index contributed by atoms with van der Waals surface area (Å²) in [4.78, 5) is 16.1. The maximum atomic E-state index is 11.9. The van der Waals surface area contributed by atoms with Crippen LogP contribution in [0.5, 0.6) is 0 Å². The lowest BCUT2D eigenvalue weighted by atomic mass is 10.1. The summed E-state index contributed by atoms with van der Waals surface area (Å²) in [6, 6.07) is 3.91. The number of ether oxygens (including phenoxy) is 1. The number of hydrogen-bond acceptors (Lipinski definition) is 5. The number of aliphatic hydroxyl groups is 1. The molecule has 0 heterocycles. The summed E-state index contributed by atoms with van der Waals surface area (Å²) in [6.45, 7) is 1.95. The van der Waals surface area contributed by atoms with Crippen molar-refractivity contribution in [2.45, 2.75) is 25.9 Å². The molecule has 136 valence electrons. The molecule has 6 nitrogen and oxygen atoms in total. The molecule has 0 bridgehead atoms. The molecule has 0 atom stereocenters. The number of benzene rings is 1. The summed E-state index contributed by atoms with van der Waals surface area (Å²) >= 11 is 3.68. The Bertz CT molecular complexity index is 505. The first kappa shape index (κ1) is 20.9. The summed E-state index contributed by atoms with van der Waals surface area (Å²) in [5.41, 5.74) is 2.93. The summed E-state index contributed by atoms with van der Waals surface area (Å²) in [6.07, 6.45) is 0.815. The van der Waals surface area contributed by atoms with Crippen molar-refractivity contribution >= 4 is 27.7 Å². The molecule has 0 spiro atoms. The van der Waals surface area contributed by atoms with Crippen LogP contribution in [0.4, 0.5) is 10.5 Å². The fourth-order valence-electron chi connectivity index (χ4n) is 2.27. The molecule has 1 rings (SSSR count). The number of amides is 1. The second-order valence-electron chi connectivity index (χ2n) is 6.28. The molecule has 0 aliphatic heterocycles. The number of hydrogen-bond donors (Lipinski definition) is 2. The fourth-order valence-corrected chi connectivity index (χ4v) is 2.75. The first-order valence-electron chi connectivity index (χ1n) is 7.99. The summed E-state index contributed by atoms with van der Waals surface area (Å²) in [7, 11) is 8.03. The molecule has 0 fully saturated rings. The standard InChI is InChI=1S/C17H28BrN3O3/c1-20(2)11-13-9-15(10-14(16(13)18)12-21(3)4)19-17(23)24-8-6-5-7-22/h9-10,22H,5-8,11-12H2,1-4H3,(H,19,23). The van der Waals surface area contributed by atoms with E-state index < -0.39 is 6.09 Å². The first-order valence-corrected chi connectivity index (χ1v) is 8.78. The van der Waals surface area contributed by atoms with Gasteiger partial charge >= 0.3 is 6.09 Å². The zero-order valence-electron chi connectivity index (χ0n) is 14.9. The Morgan fingerprint density at radius 3 is 2.12 bits per heavy atom. The smallest absolute Gasteiger partial charge is 0.411 e. The van der Waals surface area contributed by atoms with Gasteiger partial charge in [0.2, 0.25) is 0 Å². The second kappa shape index (κ2) is 10.7. The Balaban J connectivity index is 2.86. The predicted octanol–water partition coefficient (Wildman–Crippen LogP) is 2.89. The van der Waals surface area contributed by atoms with Crippen molar-refractivity contribution in [3.63, 3.8) is 0 Å². The van der Waals surface area contributed by atoms with E-state index in [9.17, 15) is 4.79 Å². The van der Waals surface area contributed by atoms with Gasteiger partial charge in [0.25, 0.3) is 0 Å². The third-order valence-electron chi connectivity index (χ3n) is 3.23. The minimum absolute atomic E-state index is 0.111. The monoisotopic (exact) mass is 401 g/mol. The molecule has 1 aromatic carbocycles. The Morgan fingerprint density at radius 2 is 1.67 bits per heavy atom. The highest BCUT2D eigenvalue weighted by Gasteiger charge is 2.12. The molecule has 0 aliphatic carbocycles. The van der Waals surface area contributed by atoms with Crippen LogP contribution in [0.15, 0.2) is 16.6 Å². The molecular formula is C17H28BrN3O3. The minimum Gasteiger partial charge on any atom is -0.449 e. The average Bonchev–Trinajstić information content (AvgIpc) is 2.47. The Morgan fingerprint density at radius 1 is 1.12 bits per heavy atom. The number of aliphatic hydroxyl groups excluding tert-OH is 1. The van der Waals surface area contributed by atoms with E-state index in [1.807, 2.05) is 40.3 Å². The summed E-state index contributed by atoms with van der Waals surface area (Å²) in [5, 5.41) is 11.5. The van der Waals surface area contributed by atoms with Gasteiger partial charge in [-0.15, -0.1) is 0 Å². The van der Waals surface area contributed by atoms with Crippen molar-refractivity contribution in [3.05, 3.63) is 27.7 Å². The van der Waals surface area contributed by atoms with Gasteiger partial charge < -0.3 is 19.6 Å². The largest absolute Gasteiger partial charge is 0.449 e. The molecule has 2 N–H and O–H groups in total. The van der Waals surface area contributed by atoms with E-state index in [-0.39, 0.29) is 6.61 Å². The Labute approximate surface area is 152 Å². The van der Waals surface area contributed by atoms with Crippen LogP contribution < -0.4 is 5.32 Å². The van der Waals surface area contributed by atoms with Crippen molar-refractivity contribution in [1.82, 2.24) is 9.80 Å². The minimum atomic E-state index is -0.470. The number of carbonyl (C=O) groups is 1. The number of unbranched alkanes of at least 4 members (excludes halogenated alkanes) is 1. The predicted molar refractivity (Wildman–Crippen MR) is 100 cm³/mol. The second-order valence-corrected chi connectivity index (χ2v) is 7.07. The van der Waals surface area contributed by atoms with Crippen molar-refractivity contribution in [2.75, 3.05) is 46.7 Å². The number of anilines is 1. The van der Waals surface area contributed by atoms with E-state index in [1.54, 1.807) is 0 Å². The van der Waals surface area contributed by atoms with Crippen molar-refractivity contribution in [1.29, 1.82) is 0 Å². The van der Waals surface area contributed by atoms with Gasteiger partial charge in [-0.25, -0.2) is 4.79 Å². The molecule has 0 saturated carbocycles. The van der Waals surface area contributed by atoms with Crippen molar-refractivity contribution < 1.29 is 14.6 Å². The summed E-state index contributed by atoms with van der Waals surface area (Å²) < 4.78 is 6.19. The molecule has 7 heteroatoms. The van der Waals surface area contributed by atoms with Crippen molar-refractivity contribution in [3.8, 4) is 0 Å². The van der Waals surface area contributed by atoms with E-state index in [0.717, 1.165) is 34.4 Å². The lowest BCUT2D eigenvalue weighted by Gasteiger charge is -2.19. The van der Waals surface area contributed by atoms with Crippen LogP contribution in [0.25, 0.3) is 0 Å². The number of nitrogens with zero attached hydrogens (tertiary/aromatic N) is 2. The third-order valence-corrected chi connectivity index (χ3v) is 4.25. The van der Waals surface area contributed by atoms with E-state index in [4.69, 9.17) is 9.84 Å². The number of rotatable bonds is 9. The van der Waals surface area contributed by atoms with E-state index in [0.29, 0.717) is 19.4 Å². The van der Waals surface area contributed by atoms with Gasteiger partial charge in [0.1, 0.15) is 0 Å². The van der Waals surface area contributed by atoms with Gasteiger partial charge in [-0.3, -0.25) is 5.32 Å². The number of carbonyl (C=O) groups excluding carboxylic acids is 1. The topological polar surface area (TPSA) is 65.0 Å². The van der Waals surface area contributed by atoms with Crippen LogP contribution >= 0.6 is 15.9 Å². The van der Waals surface area contributed by atoms with Gasteiger partial charge in [0.05, 0.1) is 6.61 Å². The Kier molecular flexibility index (Phi) is 9.28. The zero-order valence-corrected chi connectivity index (χ0v) is 16.5. The highest BCUT2D eigenvalue weighted by atomic mass is 79.9. The highest BCUT2D eigenvalue weighted by molar-refractivity contribution is 9.10. The van der Waals surface area contributed by atoms with E-state index >= 15 is 0 Å². The van der Waals surface area contributed by atoms with Gasteiger partial charge in [-0.2, -0.15) is 0 Å². The lowest BCUT2D eigenvalue weighted by Crippen LogP contribution is -2.18. The summed E-state index contributed by atoms with van der Waals surface area (Å²) in [5.74, 6) is 0. The fraction of sp³-hybridized carbons (Fsp3) is 0.588. The van der Waals surface area contributed by atoms with Crippen molar-refractivity contribution in [2.24, 2.45) is 0 Å². The third kappa shape index (κ3) is 7.61. The van der Waals surface area contributed by atoms with Gasteiger partial charge in [-0.05, 0) is 64.3 Å². The normalized spacial score (nSPS) is 11.2. The Hall–Kier alpha value is -1.15. The molecule has 1 aromatic rings. The molecule has 0 aliphatic rings. The van der Waals surface area contributed by atoms with Gasteiger partial charge in [0.15, 0.2) is 0 Å². The van der Waals surface area contributed by atoms with E-state index in [1.165, 1.54) is 0 Å². The zero-order chi connectivity index (χ0) is 18.1. The number of nitrogens with one attached hydrogen (secondary N) is 1. The molecule has 24 heavy (non-hydrogen) atoms. The quantitative estimate of drug-likeness (QED) is 0.622. The molecule has 0 radical (unpaired) electrons. The van der Waals surface area contributed by atoms with Crippen LogP contribution in [-0.2, 0) is 17.8 Å². The van der Waals surface area contributed by atoms with Crippen LogP contribution in [0, 0.1) is 0 Å². The van der Waals surface area contributed by atoms with Crippen LogP contribution in [0.3, 0.4) is 0 Å². The van der Waals surface area contributed by atoms with Gasteiger partial charge in [0, 0.05) is 29.9 Å². The highest BCUT2D eigenvalue weighted by Crippen LogP contribution is 2.28. The van der Waals surface area contributed by atoms with Gasteiger partial charge in [-0.1, -0.05) is 15.9 Å². The van der Waals surface area contributed by atoms with E-state index in [2.05, 4.69) is 31.0 Å². The molecule has 0 saturated heterocycles. The SMILES string of the molecule is CN(C)Cc1cc(NC(=O)OCCCCO)cc(CN(C)C)c1Br. The molecular weight excluding hydrogens is 374 g/mol. The maximum absolute atomic E-state index is 11.9. The lowest BCUT2D eigenvalue weighted by molar-refractivity contribution is 0.155. The molecule has 0 aromatic heterocycles. The first-order chi connectivity index (χ1) is 11.3.